The first-order chi connectivity index (χ1) is 10.3. The second-order valence-electron chi connectivity index (χ2n) is 6.56. The predicted molar refractivity (Wildman–Crippen MR) is 85.0 cm³/mol. The Hall–Kier alpha value is -2.17. The van der Waals surface area contributed by atoms with Gasteiger partial charge in [-0.3, -0.25) is 14.9 Å². The highest BCUT2D eigenvalue weighted by atomic mass is 16.6. The van der Waals surface area contributed by atoms with Crippen molar-refractivity contribution in [1.29, 1.82) is 0 Å². The van der Waals surface area contributed by atoms with Gasteiger partial charge in [0.25, 0.3) is 5.69 Å². The van der Waals surface area contributed by atoms with Crippen LogP contribution in [0.1, 0.15) is 44.2 Å². The number of carbonyl (C=O) groups excluding carboxylic acids is 1. The van der Waals surface area contributed by atoms with E-state index in [2.05, 4.69) is 13.8 Å². The summed E-state index contributed by atoms with van der Waals surface area (Å²) in [6.45, 7) is 5.94. The monoisotopic (exact) mass is 303 g/mol. The van der Waals surface area contributed by atoms with Crippen LogP contribution in [0, 0.1) is 22.5 Å². The summed E-state index contributed by atoms with van der Waals surface area (Å²) >= 11 is 0. The molecular weight excluding hydrogens is 282 g/mol. The first kappa shape index (κ1) is 16.2. The van der Waals surface area contributed by atoms with Gasteiger partial charge >= 0.3 is 0 Å². The molecule has 5 heteroatoms. The molecule has 0 aromatic heterocycles. The van der Waals surface area contributed by atoms with E-state index in [9.17, 15) is 14.9 Å². The fourth-order valence-corrected chi connectivity index (χ4v) is 3.03. The predicted octanol–water partition coefficient (Wildman–Crippen LogP) is 4.07. The van der Waals surface area contributed by atoms with Gasteiger partial charge in [0.2, 0.25) is 0 Å². The molecule has 2 rings (SSSR count). The molecule has 0 bridgehead atoms. The third kappa shape index (κ3) is 3.03. The Morgan fingerprint density at radius 3 is 2.59 bits per heavy atom. The summed E-state index contributed by atoms with van der Waals surface area (Å²) < 4.78 is 5.39. The summed E-state index contributed by atoms with van der Waals surface area (Å²) in [6.07, 6.45) is 3.21. The SMILES string of the molecule is COc1cc(C)c([N+](=O)[O-])cc1C1=C(C=O)CC(C)(C)CC1. The highest BCUT2D eigenvalue weighted by molar-refractivity contribution is 5.91. The molecule has 118 valence electrons. The standard InChI is InChI=1S/C17H21NO4/c1-11-7-16(22-4)14(8-15(11)18(20)21)13-5-6-17(2,3)9-12(13)10-19/h7-8,10H,5-6,9H2,1-4H3. The van der Waals surface area contributed by atoms with Gasteiger partial charge in [-0.15, -0.1) is 0 Å². The fourth-order valence-electron chi connectivity index (χ4n) is 3.03. The van der Waals surface area contributed by atoms with Gasteiger partial charge in [-0.2, -0.15) is 0 Å². The summed E-state index contributed by atoms with van der Waals surface area (Å²) in [7, 11) is 1.54. The molecule has 0 spiro atoms. The minimum atomic E-state index is -0.397. The molecule has 0 atom stereocenters. The zero-order valence-electron chi connectivity index (χ0n) is 13.4. The second-order valence-corrected chi connectivity index (χ2v) is 6.56. The molecule has 1 aromatic rings. The number of nitrogens with zero attached hydrogens (tertiary/aromatic N) is 1. The maximum Gasteiger partial charge on any atom is 0.273 e. The van der Waals surface area contributed by atoms with Crippen molar-refractivity contribution in [2.45, 2.75) is 40.0 Å². The quantitative estimate of drug-likeness (QED) is 0.477. The second kappa shape index (κ2) is 5.91. The number of aldehydes is 1. The Morgan fingerprint density at radius 2 is 2.05 bits per heavy atom. The normalized spacial score (nSPS) is 17.3. The van der Waals surface area contributed by atoms with E-state index in [1.807, 2.05) is 0 Å². The number of nitro benzene ring substituents is 1. The van der Waals surface area contributed by atoms with Crippen molar-refractivity contribution in [2.75, 3.05) is 7.11 Å². The Bertz CT molecular complexity index is 659. The molecule has 1 aliphatic carbocycles. The molecule has 0 fully saturated rings. The van der Waals surface area contributed by atoms with E-state index in [0.717, 1.165) is 24.7 Å². The Morgan fingerprint density at radius 1 is 1.36 bits per heavy atom. The molecule has 0 N–H and O–H groups in total. The van der Waals surface area contributed by atoms with E-state index >= 15 is 0 Å². The van der Waals surface area contributed by atoms with Gasteiger partial charge in [0.05, 0.1) is 12.0 Å². The van der Waals surface area contributed by atoms with Gasteiger partial charge in [0.1, 0.15) is 12.0 Å². The topological polar surface area (TPSA) is 69.4 Å². The molecule has 0 heterocycles. The third-order valence-electron chi connectivity index (χ3n) is 4.29. The molecular formula is C17H21NO4. The van der Waals surface area contributed by atoms with E-state index < -0.39 is 4.92 Å². The number of methoxy groups -OCH3 is 1. The lowest BCUT2D eigenvalue weighted by Gasteiger charge is -2.32. The van der Waals surface area contributed by atoms with Gasteiger partial charge in [0, 0.05) is 17.2 Å². The zero-order chi connectivity index (χ0) is 16.5. The summed E-state index contributed by atoms with van der Waals surface area (Å²) in [6, 6.07) is 3.20. The summed E-state index contributed by atoms with van der Waals surface area (Å²) in [4.78, 5) is 22.3. The maximum atomic E-state index is 11.5. The number of benzene rings is 1. The van der Waals surface area contributed by atoms with Gasteiger partial charge in [-0.1, -0.05) is 13.8 Å². The average molecular weight is 303 g/mol. The van der Waals surface area contributed by atoms with Crippen LogP contribution in [0.15, 0.2) is 17.7 Å². The van der Waals surface area contributed by atoms with Crippen LogP contribution in [0.4, 0.5) is 5.69 Å². The number of ether oxygens (including phenoxy) is 1. The Labute approximate surface area is 130 Å². The molecule has 0 aliphatic heterocycles. The third-order valence-corrected chi connectivity index (χ3v) is 4.29. The van der Waals surface area contributed by atoms with Crippen molar-refractivity contribution in [3.8, 4) is 5.75 Å². The van der Waals surface area contributed by atoms with Crippen molar-refractivity contribution in [1.82, 2.24) is 0 Å². The van der Waals surface area contributed by atoms with Crippen molar-refractivity contribution in [3.05, 3.63) is 38.9 Å². The minimum Gasteiger partial charge on any atom is -0.496 e. The molecule has 0 unspecified atom stereocenters. The van der Waals surface area contributed by atoms with Crippen LogP contribution >= 0.6 is 0 Å². The van der Waals surface area contributed by atoms with Crippen molar-refractivity contribution in [2.24, 2.45) is 5.41 Å². The fraction of sp³-hybridized carbons (Fsp3) is 0.471. The van der Waals surface area contributed by atoms with Crippen LogP contribution in [0.5, 0.6) is 5.75 Å². The number of rotatable bonds is 4. The summed E-state index contributed by atoms with van der Waals surface area (Å²) in [5.74, 6) is 0.581. The molecule has 5 nitrogen and oxygen atoms in total. The van der Waals surface area contributed by atoms with E-state index in [1.165, 1.54) is 13.2 Å². The van der Waals surface area contributed by atoms with E-state index in [4.69, 9.17) is 4.74 Å². The lowest BCUT2D eigenvalue weighted by atomic mass is 9.73. The molecule has 0 saturated heterocycles. The average Bonchev–Trinajstić information content (AvgIpc) is 2.46. The van der Waals surface area contributed by atoms with Crippen LogP contribution in [0.2, 0.25) is 0 Å². The first-order valence-electron chi connectivity index (χ1n) is 7.29. The van der Waals surface area contributed by atoms with E-state index in [0.29, 0.717) is 28.9 Å². The summed E-state index contributed by atoms with van der Waals surface area (Å²) in [5, 5.41) is 11.2. The van der Waals surface area contributed by atoms with Gasteiger partial charge in [-0.25, -0.2) is 0 Å². The number of nitro groups is 1. The largest absolute Gasteiger partial charge is 0.496 e. The molecule has 0 amide bonds. The lowest BCUT2D eigenvalue weighted by Crippen LogP contribution is -2.19. The molecule has 1 aromatic carbocycles. The minimum absolute atomic E-state index is 0.0541. The molecule has 1 aliphatic rings. The highest BCUT2D eigenvalue weighted by Crippen LogP contribution is 2.44. The molecule has 0 saturated carbocycles. The highest BCUT2D eigenvalue weighted by Gasteiger charge is 2.29. The van der Waals surface area contributed by atoms with Crippen molar-refractivity contribution < 1.29 is 14.5 Å². The Balaban J connectivity index is 2.64. The number of allylic oxidation sites excluding steroid dienone is 2. The van der Waals surface area contributed by atoms with Crippen LogP contribution in [-0.2, 0) is 4.79 Å². The van der Waals surface area contributed by atoms with E-state index in [-0.39, 0.29) is 11.1 Å². The number of carbonyl (C=O) groups is 1. The van der Waals surface area contributed by atoms with Crippen molar-refractivity contribution in [3.63, 3.8) is 0 Å². The van der Waals surface area contributed by atoms with E-state index in [1.54, 1.807) is 13.0 Å². The summed E-state index contributed by atoms with van der Waals surface area (Å²) in [5.41, 5.74) is 2.93. The lowest BCUT2D eigenvalue weighted by molar-refractivity contribution is -0.385. The van der Waals surface area contributed by atoms with Gasteiger partial charge in [0.15, 0.2) is 0 Å². The number of hydrogen-bond donors (Lipinski definition) is 0. The Kier molecular flexibility index (Phi) is 4.35. The van der Waals surface area contributed by atoms with Crippen LogP contribution < -0.4 is 4.74 Å². The molecule has 0 radical (unpaired) electrons. The van der Waals surface area contributed by atoms with Crippen LogP contribution in [0.25, 0.3) is 5.57 Å². The molecule has 22 heavy (non-hydrogen) atoms. The van der Waals surface area contributed by atoms with Crippen molar-refractivity contribution >= 4 is 17.5 Å². The zero-order valence-corrected chi connectivity index (χ0v) is 13.4. The van der Waals surface area contributed by atoms with Gasteiger partial charge in [-0.05, 0) is 48.8 Å². The smallest absolute Gasteiger partial charge is 0.273 e. The number of aryl methyl sites for hydroxylation is 1. The van der Waals surface area contributed by atoms with Crippen LogP contribution in [-0.4, -0.2) is 18.3 Å². The maximum absolute atomic E-state index is 11.5. The first-order valence-corrected chi connectivity index (χ1v) is 7.29. The van der Waals surface area contributed by atoms with Gasteiger partial charge < -0.3 is 4.74 Å². The van der Waals surface area contributed by atoms with Crippen LogP contribution in [0.3, 0.4) is 0 Å². The number of hydrogen-bond acceptors (Lipinski definition) is 4.